The van der Waals surface area contributed by atoms with Gasteiger partial charge < -0.3 is 10.4 Å². The Labute approximate surface area is 108 Å². The molecular formula is C13H22N2O3. The van der Waals surface area contributed by atoms with Crippen LogP contribution in [-0.4, -0.2) is 47.1 Å². The topological polar surface area (TPSA) is 69.6 Å². The summed E-state index contributed by atoms with van der Waals surface area (Å²) in [5.74, 6) is 0.0142. The molecule has 1 amide bonds. The van der Waals surface area contributed by atoms with Gasteiger partial charge in [-0.25, -0.2) is 0 Å². The van der Waals surface area contributed by atoms with Gasteiger partial charge in [0.15, 0.2) is 0 Å². The van der Waals surface area contributed by atoms with Crippen LogP contribution in [-0.2, 0) is 9.59 Å². The summed E-state index contributed by atoms with van der Waals surface area (Å²) in [6.07, 6.45) is 4.84. The Morgan fingerprint density at radius 2 is 2.00 bits per heavy atom. The van der Waals surface area contributed by atoms with Crippen LogP contribution in [0, 0.1) is 5.92 Å². The standard InChI is InChI=1S/C13H22N2O3/c1-2-15(8-13(17)18)11-6-10(7-11)14-12(16)5-9-3-4-9/h9-11H,2-8H2,1H3,(H,14,16)(H,17,18). The zero-order valence-electron chi connectivity index (χ0n) is 10.9. The van der Waals surface area contributed by atoms with E-state index < -0.39 is 5.97 Å². The Hall–Kier alpha value is -1.10. The minimum absolute atomic E-state index is 0.101. The quantitative estimate of drug-likeness (QED) is 0.706. The average molecular weight is 254 g/mol. The third-order valence-corrected chi connectivity index (χ3v) is 3.91. The number of carboxylic acids is 1. The first-order chi connectivity index (χ1) is 8.58. The molecule has 2 aliphatic rings. The van der Waals surface area contributed by atoms with E-state index in [-0.39, 0.29) is 18.5 Å². The molecule has 18 heavy (non-hydrogen) atoms. The molecule has 102 valence electrons. The summed E-state index contributed by atoms with van der Waals surface area (Å²) >= 11 is 0. The van der Waals surface area contributed by atoms with Crippen molar-refractivity contribution in [3.05, 3.63) is 0 Å². The van der Waals surface area contributed by atoms with Gasteiger partial charge in [-0.05, 0) is 38.1 Å². The second-order valence-corrected chi connectivity index (χ2v) is 5.49. The minimum Gasteiger partial charge on any atom is -0.480 e. The van der Waals surface area contributed by atoms with E-state index in [2.05, 4.69) is 5.32 Å². The van der Waals surface area contributed by atoms with Gasteiger partial charge in [-0.1, -0.05) is 6.92 Å². The van der Waals surface area contributed by atoms with Gasteiger partial charge in [-0.2, -0.15) is 0 Å². The molecule has 0 aliphatic heterocycles. The van der Waals surface area contributed by atoms with E-state index in [0.29, 0.717) is 18.4 Å². The maximum Gasteiger partial charge on any atom is 0.317 e. The fraction of sp³-hybridized carbons (Fsp3) is 0.846. The molecule has 2 fully saturated rings. The molecule has 0 heterocycles. The van der Waals surface area contributed by atoms with E-state index in [1.807, 2.05) is 11.8 Å². The number of nitrogens with zero attached hydrogens (tertiary/aromatic N) is 1. The van der Waals surface area contributed by atoms with E-state index in [4.69, 9.17) is 5.11 Å². The predicted octanol–water partition coefficient (Wildman–Crippen LogP) is 0.840. The van der Waals surface area contributed by atoms with E-state index in [1.165, 1.54) is 12.8 Å². The number of aliphatic carboxylic acids is 1. The third kappa shape index (κ3) is 3.70. The lowest BCUT2D eigenvalue weighted by molar-refractivity contribution is -0.139. The van der Waals surface area contributed by atoms with Crippen molar-refractivity contribution in [1.82, 2.24) is 10.2 Å². The molecule has 2 N–H and O–H groups in total. The molecule has 0 radical (unpaired) electrons. The van der Waals surface area contributed by atoms with Crippen LogP contribution in [0.1, 0.15) is 39.0 Å². The molecule has 0 unspecified atom stereocenters. The minimum atomic E-state index is -0.780. The van der Waals surface area contributed by atoms with Gasteiger partial charge in [0.2, 0.25) is 5.91 Å². The van der Waals surface area contributed by atoms with Crippen LogP contribution in [0.3, 0.4) is 0 Å². The highest BCUT2D eigenvalue weighted by molar-refractivity contribution is 5.77. The van der Waals surface area contributed by atoms with Gasteiger partial charge in [0.1, 0.15) is 0 Å². The third-order valence-electron chi connectivity index (χ3n) is 3.91. The second-order valence-electron chi connectivity index (χ2n) is 5.49. The van der Waals surface area contributed by atoms with Gasteiger partial charge in [0.25, 0.3) is 0 Å². The smallest absolute Gasteiger partial charge is 0.317 e. The van der Waals surface area contributed by atoms with Crippen molar-refractivity contribution >= 4 is 11.9 Å². The number of rotatable bonds is 7. The fourth-order valence-electron chi connectivity index (χ4n) is 2.55. The van der Waals surface area contributed by atoms with Crippen LogP contribution in [0.5, 0.6) is 0 Å². The fourth-order valence-corrected chi connectivity index (χ4v) is 2.55. The van der Waals surface area contributed by atoms with Crippen molar-refractivity contribution in [3.63, 3.8) is 0 Å². The molecule has 0 saturated heterocycles. The molecule has 0 aromatic carbocycles. The highest BCUT2D eigenvalue weighted by Gasteiger charge is 2.35. The summed E-state index contributed by atoms with van der Waals surface area (Å²) in [5, 5.41) is 11.8. The van der Waals surface area contributed by atoms with Crippen molar-refractivity contribution < 1.29 is 14.7 Å². The largest absolute Gasteiger partial charge is 0.480 e. The lowest BCUT2D eigenvalue weighted by Crippen LogP contribution is -2.54. The zero-order valence-corrected chi connectivity index (χ0v) is 10.9. The Balaban J connectivity index is 1.65. The number of nitrogens with one attached hydrogen (secondary N) is 1. The SMILES string of the molecule is CCN(CC(=O)O)C1CC(NC(=O)CC2CC2)C1. The molecule has 0 atom stereocenters. The Morgan fingerprint density at radius 3 is 2.50 bits per heavy atom. The number of carbonyl (C=O) groups is 2. The Bertz CT molecular complexity index is 322. The Morgan fingerprint density at radius 1 is 1.33 bits per heavy atom. The summed E-state index contributed by atoms with van der Waals surface area (Å²) in [4.78, 5) is 24.3. The summed E-state index contributed by atoms with van der Waals surface area (Å²) in [6.45, 7) is 2.82. The maximum absolute atomic E-state index is 11.6. The summed E-state index contributed by atoms with van der Waals surface area (Å²) < 4.78 is 0. The van der Waals surface area contributed by atoms with Crippen molar-refractivity contribution in [2.75, 3.05) is 13.1 Å². The molecule has 5 heteroatoms. The molecule has 0 bridgehead atoms. The normalized spacial score (nSPS) is 26.8. The molecule has 2 saturated carbocycles. The van der Waals surface area contributed by atoms with Gasteiger partial charge in [-0.15, -0.1) is 0 Å². The maximum atomic E-state index is 11.6. The number of hydrogen-bond acceptors (Lipinski definition) is 3. The van der Waals surface area contributed by atoms with E-state index in [0.717, 1.165) is 19.4 Å². The van der Waals surface area contributed by atoms with E-state index in [9.17, 15) is 9.59 Å². The van der Waals surface area contributed by atoms with Gasteiger partial charge >= 0.3 is 5.97 Å². The number of carbonyl (C=O) groups excluding carboxylic acids is 1. The van der Waals surface area contributed by atoms with Crippen LogP contribution in [0.25, 0.3) is 0 Å². The first-order valence-electron chi connectivity index (χ1n) is 6.83. The van der Waals surface area contributed by atoms with Crippen LogP contribution < -0.4 is 5.32 Å². The van der Waals surface area contributed by atoms with E-state index >= 15 is 0 Å². The number of likely N-dealkylation sites (N-methyl/N-ethyl adjacent to an activating group) is 1. The van der Waals surface area contributed by atoms with Crippen molar-refractivity contribution in [2.45, 2.75) is 51.1 Å². The zero-order chi connectivity index (χ0) is 13.1. The first kappa shape index (κ1) is 13.3. The molecule has 0 spiro atoms. The monoisotopic (exact) mass is 254 g/mol. The lowest BCUT2D eigenvalue weighted by Gasteiger charge is -2.42. The number of amides is 1. The van der Waals surface area contributed by atoms with Crippen molar-refractivity contribution in [2.24, 2.45) is 5.92 Å². The van der Waals surface area contributed by atoms with Gasteiger partial charge in [0, 0.05) is 18.5 Å². The van der Waals surface area contributed by atoms with Crippen LogP contribution in [0.4, 0.5) is 0 Å². The number of carboxylic acid groups (broad SMARTS) is 1. The molecule has 5 nitrogen and oxygen atoms in total. The Kier molecular flexibility index (Phi) is 4.22. The highest BCUT2D eigenvalue weighted by Crippen LogP contribution is 2.32. The highest BCUT2D eigenvalue weighted by atomic mass is 16.4. The summed E-state index contributed by atoms with van der Waals surface area (Å²) in [5.41, 5.74) is 0. The van der Waals surface area contributed by atoms with E-state index in [1.54, 1.807) is 0 Å². The molecule has 0 aromatic rings. The molecular weight excluding hydrogens is 232 g/mol. The van der Waals surface area contributed by atoms with Crippen LogP contribution >= 0.6 is 0 Å². The lowest BCUT2D eigenvalue weighted by atomic mass is 9.85. The van der Waals surface area contributed by atoms with Gasteiger partial charge in [-0.3, -0.25) is 14.5 Å². The average Bonchev–Trinajstić information content (AvgIpc) is 3.03. The molecule has 0 aromatic heterocycles. The van der Waals surface area contributed by atoms with Crippen LogP contribution in [0.2, 0.25) is 0 Å². The van der Waals surface area contributed by atoms with Gasteiger partial charge in [0.05, 0.1) is 6.54 Å². The summed E-state index contributed by atoms with van der Waals surface area (Å²) in [6, 6.07) is 0.571. The van der Waals surface area contributed by atoms with Crippen molar-refractivity contribution in [3.8, 4) is 0 Å². The molecule has 2 rings (SSSR count). The first-order valence-corrected chi connectivity index (χ1v) is 6.83. The predicted molar refractivity (Wildman–Crippen MR) is 67.2 cm³/mol. The molecule has 2 aliphatic carbocycles. The van der Waals surface area contributed by atoms with Crippen LogP contribution in [0.15, 0.2) is 0 Å². The van der Waals surface area contributed by atoms with Crippen molar-refractivity contribution in [1.29, 1.82) is 0 Å². The second kappa shape index (κ2) is 5.69. The number of hydrogen-bond donors (Lipinski definition) is 2. The summed E-state index contributed by atoms with van der Waals surface area (Å²) in [7, 11) is 0.